The number of rotatable bonds is 6. The van der Waals surface area contributed by atoms with E-state index in [2.05, 4.69) is 4.98 Å². The van der Waals surface area contributed by atoms with E-state index in [-0.39, 0.29) is 29.6 Å². The topological polar surface area (TPSA) is 55.2 Å². The van der Waals surface area contributed by atoms with E-state index in [1.807, 2.05) is 54.9 Å². The van der Waals surface area contributed by atoms with Gasteiger partial charge in [0.25, 0.3) is 5.91 Å². The number of hydrogen-bond donors (Lipinski definition) is 0. The number of carbonyl (C=O) groups is 2. The van der Waals surface area contributed by atoms with Crippen molar-refractivity contribution in [1.29, 1.82) is 0 Å². The van der Waals surface area contributed by atoms with Crippen molar-refractivity contribution in [2.24, 2.45) is 11.8 Å². The Balaban J connectivity index is 1.81. The minimum Gasteiger partial charge on any atom is -0.337 e. The first kappa shape index (κ1) is 16.4. The molecule has 24 heavy (non-hydrogen) atoms. The average Bonchev–Trinajstić information content (AvgIpc) is 3.17. The van der Waals surface area contributed by atoms with Gasteiger partial charge in [-0.15, -0.1) is 0 Å². The Labute approximate surface area is 142 Å². The standard InChI is InChI=1S/C19H23N3O2/c1-14(2)16-17(15-7-4-3-5-8-15)22(19(24)18(16)23)11-6-10-21-12-9-20-13-21/h3-5,7-9,12-14,16-17H,6,10-11H2,1-2H3. The largest absolute Gasteiger partial charge is 0.337 e. The molecule has 0 N–H and O–H groups in total. The van der Waals surface area contributed by atoms with Gasteiger partial charge in [0.15, 0.2) is 0 Å². The second kappa shape index (κ2) is 6.99. The Morgan fingerprint density at radius 3 is 2.50 bits per heavy atom. The Morgan fingerprint density at radius 2 is 1.88 bits per heavy atom. The quantitative estimate of drug-likeness (QED) is 0.767. The highest BCUT2D eigenvalue weighted by molar-refractivity contribution is 6.39. The number of amides is 1. The molecule has 1 fully saturated rings. The van der Waals surface area contributed by atoms with E-state index in [0.29, 0.717) is 6.54 Å². The molecule has 1 saturated heterocycles. The maximum atomic E-state index is 12.6. The lowest BCUT2D eigenvalue weighted by Crippen LogP contribution is -2.31. The maximum Gasteiger partial charge on any atom is 0.290 e. The van der Waals surface area contributed by atoms with Gasteiger partial charge in [-0.25, -0.2) is 4.98 Å². The normalized spacial score (nSPS) is 21.0. The van der Waals surface area contributed by atoms with Crippen molar-refractivity contribution >= 4 is 11.7 Å². The molecule has 1 aromatic heterocycles. The first-order chi connectivity index (χ1) is 11.6. The summed E-state index contributed by atoms with van der Waals surface area (Å²) in [7, 11) is 0. The first-order valence-electron chi connectivity index (χ1n) is 8.45. The molecule has 1 aromatic carbocycles. The van der Waals surface area contributed by atoms with Crippen LogP contribution in [0, 0.1) is 11.8 Å². The van der Waals surface area contributed by atoms with Crippen LogP contribution in [0.4, 0.5) is 0 Å². The van der Waals surface area contributed by atoms with Gasteiger partial charge in [-0.05, 0) is 17.9 Å². The molecule has 0 radical (unpaired) electrons. The highest BCUT2D eigenvalue weighted by atomic mass is 16.2. The number of hydrogen-bond acceptors (Lipinski definition) is 3. The molecular weight excluding hydrogens is 302 g/mol. The minimum atomic E-state index is -0.340. The van der Waals surface area contributed by atoms with Crippen molar-refractivity contribution in [1.82, 2.24) is 14.5 Å². The zero-order valence-corrected chi connectivity index (χ0v) is 14.1. The predicted octanol–water partition coefficient (Wildman–Crippen LogP) is 2.70. The Hall–Kier alpha value is -2.43. The van der Waals surface area contributed by atoms with E-state index in [1.165, 1.54) is 0 Å². The van der Waals surface area contributed by atoms with Gasteiger partial charge in [0.2, 0.25) is 5.78 Å². The molecule has 2 aromatic rings. The lowest BCUT2D eigenvalue weighted by Gasteiger charge is -2.29. The van der Waals surface area contributed by atoms with Crippen LogP contribution in [0.25, 0.3) is 0 Å². The number of imidazole rings is 1. The molecule has 0 saturated carbocycles. The molecule has 3 rings (SSSR count). The van der Waals surface area contributed by atoms with Crippen LogP contribution < -0.4 is 0 Å². The summed E-state index contributed by atoms with van der Waals surface area (Å²) in [6, 6.07) is 9.74. The molecule has 0 aliphatic carbocycles. The highest BCUT2D eigenvalue weighted by Gasteiger charge is 2.48. The van der Waals surface area contributed by atoms with Gasteiger partial charge in [0.1, 0.15) is 0 Å². The van der Waals surface area contributed by atoms with Crippen molar-refractivity contribution in [3.05, 3.63) is 54.6 Å². The van der Waals surface area contributed by atoms with E-state index < -0.39 is 0 Å². The zero-order valence-electron chi connectivity index (χ0n) is 14.1. The lowest BCUT2D eigenvalue weighted by atomic mass is 9.84. The summed E-state index contributed by atoms with van der Waals surface area (Å²) in [6.45, 7) is 5.39. The minimum absolute atomic E-state index is 0.130. The second-order valence-corrected chi connectivity index (χ2v) is 6.64. The van der Waals surface area contributed by atoms with Crippen molar-refractivity contribution < 1.29 is 9.59 Å². The van der Waals surface area contributed by atoms with Gasteiger partial charge in [0, 0.05) is 25.5 Å². The van der Waals surface area contributed by atoms with Crippen LogP contribution in [-0.2, 0) is 16.1 Å². The molecule has 5 heteroatoms. The van der Waals surface area contributed by atoms with Gasteiger partial charge in [0.05, 0.1) is 18.3 Å². The van der Waals surface area contributed by atoms with Gasteiger partial charge in [-0.1, -0.05) is 44.2 Å². The molecule has 5 nitrogen and oxygen atoms in total. The number of benzene rings is 1. The van der Waals surface area contributed by atoms with Crippen LogP contribution >= 0.6 is 0 Å². The summed E-state index contributed by atoms with van der Waals surface area (Å²) in [6.07, 6.45) is 6.21. The summed E-state index contributed by atoms with van der Waals surface area (Å²) < 4.78 is 1.99. The summed E-state index contributed by atoms with van der Waals surface area (Å²) >= 11 is 0. The van der Waals surface area contributed by atoms with E-state index in [4.69, 9.17) is 0 Å². The first-order valence-corrected chi connectivity index (χ1v) is 8.45. The van der Waals surface area contributed by atoms with E-state index in [1.54, 1.807) is 17.4 Å². The summed E-state index contributed by atoms with van der Waals surface area (Å²) in [5.74, 6) is -0.729. The van der Waals surface area contributed by atoms with Crippen LogP contribution in [0.1, 0.15) is 31.9 Å². The van der Waals surface area contributed by atoms with Crippen LogP contribution in [-0.4, -0.2) is 32.7 Å². The predicted molar refractivity (Wildman–Crippen MR) is 91.1 cm³/mol. The van der Waals surface area contributed by atoms with Crippen LogP contribution in [0.3, 0.4) is 0 Å². The molecule has 2 heterocycles. The number of aromatic nitrogens is 2. The zero-order chi connectivity index (χ0) is 17.1. The Morgan fingerprint density at radius 1 is 1.12 bits per heavy atom. The number of Topliss-reactive ketones (excluding diaryl/α,β-unsaturated/α-hetero) is 1. The van der Waals surface area contributed by atoms with Gasteiger partial charge >= 0.3 is 0 Å². The van der Waals surface area contributed by atoms with Crippen LogP contribution in [0.2, 0.25) is 0 Å². The molecule has 1 amide bonds. The number of likely N-dealkylation sites (tertiary alicyclic amines) is 1. The van der Waals surface area contributed by atoms with Gasteiger partial charge in [-0.2, -0.15) is 0 Å². The second-order valence-electron chi connectivity index (χ2n) is 6.64. The average molecular weight is 325 g/mol. The molecular formula is C19H23N3O2. The molecule has 2 atom stereocenters. The fraction of sp³-hybridized carbons (Fsp3) is 0.421. The monoisotopic (exact) mass is 325 g/mol. The molecule has 126 valence electrons. The van der Waals surface area contributed by atoms with Crippen LogP contribution in [0.15, 0.2) is 49.1 Å². The Bertz CT molecular complexity index is 695. The van der Waals surface area contributed by atoms with Crippen LogP contribution in [0.5, 0.6) is 0 Å². The lowest BCUT2D eigenvalue weighted by molar-refractivity contribution is -0.141. The Kier molecular flexibility index (Phi) is 4.79. The molecule has 0 bridgehead atoms. The van der Waals surface area contributed by atoms with Crippen molar-refractivity contribution in [3.63, 3.8) is 0 Å². The van der Waals surface area contributed by atoms with E-state index in [0.717, 1.165) is 18.5 Å². The fourth-order valence-corrected chi connectivity index (χ4v) is 3.54. The number of nitrogens with zero attached hydrogens (tertiary/aromatic N) is 3. The van der Waals surface area contributed by atoms with Crippen molar-refractivity contribution in [2.75, 3.05) is 6.54 Å². The highest BCUT2D eigenvalue weighted by Crippen LogP contribution is 2.40. The van der Waals surface area contributed by atoms with E-state index >= 15 is 0 Å². The van der Waals surface area contributed by atoms with Crippen molar-refractivity contribution in [2.45, 2.75) is 32.9 Å². The SMILES string of the molecule is CC(C)C1C(=O)C(=O)N(CCCn2ccnc2)C1c1ccccc1. The number of aryl methyl sites for hydroxylation is 1. The third kappa shape index (κ3) is 3.11. The number of carbonyl (C=O) groups excluding carboxylic acids is 2. The molecule has 1 aliphatic heterocycles. The maximum absolute atomic E-state index is 12.6. The molecule has 0 spiro atoms. The molecule has 1 aliphatic rings. The number of ketones is 1. The van der Waals surface area contributed by atoms with Crippen molar-refractivity contribution in [3.8, 4) is 0 Å². The summed E-state index contributed by atoms with van der Waals surface area (Å²) in [5.41, 5.74) is 1.04. The summed E-state index contributed by atoms with van der Waals surface area (Å²) in [5, 5.41) is 0. The van der Waals surface area contributed by atoms with Gasteiger partial charge in [-0.3, -0.25) is 9.59 Å². The van der Waals surface area contributed by atoms with E-state index in [9.17, 15) is 9.59 Å². The van der Waals surface area contributed by atoms with Gasteiger partial charge < -0.3 is 9.47 Å². The summed E-state index contributed by atoms with van der Waals surface area (Å²) in [4.78, 5) is 30.9. The molecule has 2 unspecified atom stereocenters. The fourth-order valence-electron chi connectivity index (χ4n) is 3.54. The third-order valence-electron chi connectivity index (χ3n) is 4.68. The smallest absolute Gasteiger partial charge is 0.290 e. The third-order valence-corrected chi connectivity index (χ3v) is 4.68.